The number of carbonyl (C=O) groups excluding carboxylic acids is 4. The second kappa shape index (κ2) is 19.6. The summed E-state index contributed by atoms with van der Waals surface area (Å²) >= 11 is 5.02. The molecule has 23 heteroatoms. The molecule has 69 heavy (non-hydrogen) atoms. The molecule has 0 aliphatic carbocycles. The van der Waals surface area contributed by atoms with Gasteiger partial charge >= 0.3 is 24.1 Å². The van der Waals surface area contributed by atoms with E-state index in [0.29, 0.717) is 31.4 Å². The first-order valence-electron chi connectivity index (χ1n) is 22.8. The number of aromatic nitrogens is 4. The largest absolute Gasteiger partial charge is 0.461 e. The Morgan fingerprint density at radius 1 is 0.754 bits per heavy atom. The maximum absolute atomic E-state index is 13.9. The topological polar surface area (TPSA) is 226 Å². The van der Waals surface area contributed by atoms with Crippen LogP contribution in [0, 0.1) is 0 Å². The van der Waals surface area contributed by atoms with Crippen LogP contribution < -0.4 is 5.32 Å². The van der Waals surface area contributed by atoms with Crippen molar-refractivity contribution in [3.8, 4) is 0 Å². The van der Waals surface area contributed by atoms with Gasteiger partial charge in [-0.1, -0.05) is 0 Å². The lowest BCUT2D eigenvalue weighted by Crippen LogP contribution is -2.51. The van der Waals surface area contributed by atoms with Gasteiger partial charge < -0.3 is 33.5 Å². The van der Waals surface area contributed by atoms with Gasteiger partial charge in [-0.25, -0.2) is 39.1 Å². The summed E-state index contributed by atoms with van der Waals surface area (Å²) in [7, 11) is 0. The van der Waals surface area contributed by atoms with Crippen molar-refractivity contribution in [1.29, 1.82) is 0 Å². The Balaban J connectivity index is 1.35. The summed E-state index contributed by atoms with van der Waals surface area (Å²) in [6.07, 6.45) is -3.05. The van der Waals surface area contributed by atoms with Crippen LogP contribution in [0.5, 0.6) is 0 Å². The summed E-state index contributed by atoms with van der Waals surface area (Å²) in [6.45, 7) is 25.5. The van der Waals surface area contributed by atoms with Crippen molar-refractivity contribution in [2.75, 3.05) is 13.2 Å². The third-order valence-corrected chi connectivity index (χ3v) is 15.2. The van der Waals surface area contributed by atoms with Gasteiger partial charge in [0.25, 0.3) is 0 Å². The van der Waals surface area contributed by atoms with E-state index < -0.39 is 88.9 Å². The molecular formula is C46H62N8O11S4. The van der Waals surface area contributed by atoms with Crippen LogP contribution >= 0.6 is 45.3 Å². The van der Waals surface area contributed by atoms with E-state index in [1.165, 1.54) is 45.3 Å². The van der Waals surface area contributed by atoms with Crippen LogP contribution in [0.2, 0.25) is 0 Å². The number of aliphatic imine (C=N–C) groups is 1. The average Bonchev–Trinajstić information content (AvgIpc) is 4.09. The van der Waals surface area contributed by atoms with Gasteiger partial charge in [0.05, 0.1) is 42.5 Å². The van der Waals surface area contributed by atoms with Gasteiger partial charge in [0.2, 0.25) is 0 Å². The molecule has 0 bridgehead atoms. The van der Waals surface area contributed by atoms with E-state index in [0.717, 1.165) is 0 Å². The molecule has 7 heterocycles. The predicted molar refractivity (Wildman–Crippen MR) is 260 cm³/mol. The zero-order chi connectivity index (χ0) is 50.6. The molecule has 4 aromatic heterocycles. The lowest BCUT2D eigenvalue weighted by molar-refractivity contribution is -0.0768. The fourth-order valence-corrected chi connectivity index (χ4v) is 12.6. The number of nitrogens with zero attached hydrogens (tertiary/aromatic N) is 7. The smallest absolute Gasteiger partial charge is 0.413 e. The van der Waals surface area contributed by atoms with Crippen LogP contribution in [-0.4, -0.2) is 113 Å². The fourth-order valence-electron chi connectivity index (χ4n) is 8.78. The van der Waals surface area contributed by atoms with E-state index >= 15 is 0 Å². The highest BCUT2D eigenvalue weighted by Gasteiger charge is 2.55. The summed E-state index contributed by atoms with van der Waals surface area (Å²) in [5.74, 6) is -1.18. The van der Waals surface area contributed by atoms with E-state index in [2.05, 4.69) is 10.3 Å². The Kier molecular flexibility index (Phi) is 14.9. The van der Waals surface area contributed by atoms with E-state index in [1.54, 1.807) is 109 Å². The molecule has 4 aromatic rings. The number of nitrogens with one attached hydrogen (secondary N) is 1. The second-order valence-electron chi connectivity index (χ2n) is 19.9. The van der Waals surface area contributed by atoms with Crippen molar-refractivity contribution in [2.45, 2.75) is 175 Å². The quantitative estimate of drug-likeness (QED) is 0.0766. The molecule has 0 radical (unpaired) electrons. The highest BCUT2D eigenvalue weighted by molar-refractivity contribution is 7.12. The summed E-state index contributed by atoms with van der Waals surface area (Å²) in [6, 6.07) is -2.27. The van der Waals surface area contributed by atoms with Crippen molar-refractivity contribution >= 4 is 75.2 Å². The van der Waals surface area contributed by atoms with Crippen LogP contribution in [0.3, 0.4) is 0 Å². The number of aliphatic hydroxyl groups excluding tert-OH is 1. The Labute approximate surface area is 418 Å². The summed E-state index contributed by atoms with van der Waals surface area (Å²) < 4.78 is 34.9. The van der Waals surface area contributed by atoms with Crippen LogP contribution in [0.15, 0.2) is 26.5 Å². The van der Waals surface area contributed by atoms with Gasteiger partial charge in [-0.3, -0.25) is 20.1 Å². The molecular weight excluding hydrogens is 969 g/mol. The van der Waals surface area contributed by atoms with Crippen LogP contribution in [-0.2, 0) is 34.0 Å². The number of rotatable bonds is 12. The predicted octanol–water partition coefficient (Wildman–Crippen LogP) is 9.23. The summed E-state index contributed by atoms with van der Waals surface area (Å²) in [4.78, 5) is 81.7. The van der Waals surface area contributed by atoms with Crippen molar-refractivity contribution in [1.82, 2.24) is 35.1 Å². The minimum atomic E-state index is -1.47. The Bertz CT molecular complexity index is 2570. The number of hydrogen-bond donors (Lipinski definition) is 2. The second-order valence-corrected chi connectivity index (χ2v) is 23.4. The van der Waals surface area contributed by atoms with Crippen molar-refractivity contribution in [2.24, 2.45) is 4.99 Å². The molecule has 7 atom stereocenters. The Morgan fingerprint density at radius 2 is 1.26 bits per heavy atom. The number of amides is 2. The van der Waals surface area contributed by atoms with Gasteiger partial charge in [-0.2, -0.15) is 0 Å². The first-order chi connectivity index (χ1) is 32.2. The summed E-state index contributed by atoms with van der Waals surface area (Å²) in [5, 5.41) is 24.7. The van der Waals surface area contributed by atoms with Gasteiger partial charge in [-0.15, -0.1) is 45.3 Å². The van der Waals surface area contributed by atoms with Crippen LogP contribution in [0.1, 0.15) is 187 Å². The Morgan fingerprint density at radius 3 is 1.80 bits per heavy atom. The fraction of sp³-hybridized carbons (Fsp3) is 0.630. The molecule has 2 N–H and O–H groups in total. The molecule has 1 unspecified atom stereocenters. The standard InChI is InChI=1S/C46H62N8O11S4/c1-15-60-37(56)28-21-66-34(50-28)25-17-18-46(39-51-29(22-69-39)38(57)61-16-2,32(47-25)26-19-67-35(48-26)30-23(3)62-44(11,12)53(30)40(58)64-42(5,6)7)52-33(55)27-20-68-36(49-27)31-24(4)63-45(13,14)54(31)41(59)65-43(8,9)10/h19-24,30-33,52,55H,15-18H2,1-14H3/t23-,24-,30+,31+,32-,33?,46-/m1/s1. The van der Waals surface area contributed by atoms with Gasteiger partial charge in [0, 0.05) is 21.5 Å². The van der Waals surface area contributed by atoms with Gasteiger partial charge in [-0.05, 0) is 110 Å². The van der Waals surface area contributed by atoms with Crippen molar-refractivity contribution in [3.63, 3.8) is 0 Å². The molecule has 2 saturated heterocycles. The number of thiazole rings is 4. The zero-order valence-electron chi connectivity index (χ0n) is 41.4. The molecule has 2 amide bonds. The van der Waals surface area contributed by atoms with E-state index in [-0.39, 0.29) is 43.1 Å². The lowest BCUT2D eigenvalue weighted by atomic mass is 9.80. The lowest BCUT2D eigenvalue weighted by Gasteiger charge is -2.42. The van der Waals surface area contributed by atoms with Crippen LogP contribution in [0.4, 0.5) is 9.59 Å². The zero-order valence-corrected chi connectivity index (χ0v) is 44.7. The van der Waals surface area contributed by atoms with Crippen molar-refractivity contribution < 1.29 is 52.7 Å². The molecule has 376 valence electrons. The van der Waals surface area contributed by atoms with E-state index in [9.17, 15) is 24.3 Å². The molecule has 0 spiro atoms. The maximum atomic E-state index is 13.9. The monoisotopic (exact) mass is 1030 g/mol. The number of carbonyl (C=O) groups is 4. The average molecular weight is 1030 g/mol. The number of ether oxygens (including phenoxy) is 6. The normalized spacial score (nSPS) is 25.0. The number of esters is 2. The minimum absolute atomic E-state index is 0.0715. The van der Waals surface area contributed by atoms with E-state index in [4.69, 9.17) is 48.4 Å². The van der Waals surface area contributed by atoms with Gasteiger partial charge in [0.15, 0.2) is 11.4 Å². The maximum Gasteiger partial charge on any atom is 0.413 e. The Hall–Kier alpha value is -4.49. The first-order valence-corrected chi connectivity index (χ1v) is 26.3. The molecule has 0 aromatic carbocycles. The molecule has 0 saturated carbocycles. The highest BCUT2D eigenvalue weighted by Crippen LogP contribution is 2.51. The summed E-state index contributed by atoms with van der Waals surface area (Å²) in [5.41, 5.74) is -3.55. The molecule has 2 fully saturated rings. The number of aliphatic hydroxyl groups is 1. The molecule has 3 aliphatic heterocycles. The molecule has 19 nitrogen and oxygen atoms in total. The molecule has 7 rings (SSSR count). The van der Waals surface area contributed by atoms with Gasteiger partial charge in [0.1, 0.15) is 72.6 Å². The highest BCUT2D eigenvalue weighted by atomic mass is 32.1. The number of hydrogen-bond acceptors (Lipinski definition) is 21. The van der Waals surface area contributed by atoms with Crippen molar-refractivity contribution in [3.05, 3.63) is 64.3 Å². The third kappa shape index (κ3) is 10.9. The van der Waals surface area contributed by atoms with Crippen LogP contribution in [0.25, 0.3) is 0 Å². The third-order valence-electron chi connectivity index (χ3n) is 11.4. The SMILES string of the molecule is CCOC(=O)c1csc(C2=N[C@H](c3csc([C@@H]4[C@@H](C)OC(C)(C)N4C(=O)OC(C)(C)C)n3)[C@@](NC(O)c3csc([C@@H]4[C@@H](C)OC(C)(C)N4C(=O)OC(C)(C)C)n3)(c3nc(C(=O)OCC)cs3)CC2)n1. The first kappa shape index (κ1) is 52.3. The minimum Gasteiger partial charge on any atom is -0.461 e. The van der Waals surface area contributed by atoms with E-state index in [1.807, 2.05) is 19.2 Å². The molecule has 3 aliphatic rings.